The van der Waals surface area contributed by atoms with Crippen LogP contribution in [-0.2, 0) is 9.53 Å². The fraction of sp³-hybridized carbons (Fsp3) is 0.438. The van der Waals surface area contributed by atoms with Gasteiger partial charge in [0.05, 0.1) is 30.8 Å². The van der Waals surface area contributed by atoms with Gasteiger partial charge in [-0.2, -0.15) is 5.10 Å². The molecule has 0 spiro atoms. The molecule has 3 heterocycles. The summed E-state index contributed by atoms with van der Waals surface area (Å²) < 4.78 is 7.13. The summed E-state index contributed by atoms with van der Waals surface area (Å²) >= 11 is 0. The molecule has 0 radical (unpaired) electrons. The number of hydrogen-bond acceptors (Lipinski definition) is 5. The molecule has 1 aliphatic heterocycles. The molecule has 2 aromatic heterocycles. The minimum atomic E-state index is -0.0475. The van der Waals surface area contributed by atoms with E-state index in [-0.39, 0.29) is 11.9 Å². The second-order valence-electron chi connectivity index (χ2n) is 5.72. The van der Waals surface area contributed by atoms with Crippen molar-refractivity contribution in [2.24, 2.45) is 0 Å². The van der Waals surface area contributed by atoms with Gasteiger partial charge in [0.15, 0.2) is 5.82 Å². The Morgan fingerprint density at radius 1 is 1.48 bits per heavy atom. The highest BCUT2D eigenvalue weighted by molar-refractivity contribution is 5.90. The van der Waals surface area contributed by atoms with Crippen LogP contribution in [0.4, 0.5) is 5.69 Å². The molecule has 1 atom stereocenters. The standard InChI is InChI=1S/C16H21N5O2/c1-11-7-12(2)21(20-11)15-4-3-13(9-18-15)19-16(22)8-14-10-23-6-5-17-14/h3-4,7,9,14,17H,5-6,8,10H2,1-2H3,(H,19,22). The molecule has 1 fully saturated rings. The number of morpholine rings is 1. The number of amides is 1. The molecular weight excluding hydrogens is 294 g/mol. The molecule has 1 unspecified atom stereocenters. The van der Waals surface area contributed by atoms with Crippen LogP contribution in [-0.4, -0.2) is 46.5 Å². The molecule has 23 heavy (non-hydrogen) atoms. The Balaban J connectivity index is 1.61. The Hall–Kier alpha value is -2.25. The van der Waals surface area contributed by atoms with Crippen molar-refractivity contribution in [3.05, 3.63) is 35.8 Å². The first-order valence-electron chi connectivity index (χ1n) is 7.72. The van der Waals surface area contributed by atoms with Crippen LogP contribution in [0, 0.1) is 13.8 Å². The molecule has 1 saturated heterocycles. The van der Waals surface area contributed by atoms with E-state index in [2.05, 4.69) is 20.7 Å². The topological polar surface area (TPSA) is 81.1 Å². The lowest BCUT2D eigenvalue weighted by atomic mass is 10.2. The van der Waals surface area contributed by atoms with Gasteiger partial charge in [0, 0.05) is 24.7 Å². The van der Waals surface area contributed by atoms with Crippen molar-refractivity contribution in [3.8, 4) is 5.82 Å². The van der Waals surface area contributed by atoms with E-state index in [1.807, 2.05) is 32.0 Å². The maximum atomic E-state index is 12.0. The number of nitrogens with zero attached hydrogens (tertiary/aromatic N) is 3. The van der Waals surface area contributed by atoms with Crippen molar-refractivity contribution in [2.75, 3.05) is 25.1 Å². The zero-order valence-corrected chi connectivity index (χ0v) is 13.4. The highest BCUT2D eigenvalue weighted by Gasteiger charge is 2.17. The fourth-order valence-electron chi connectivity index (χ4n) is 2.63. The van der Waals surface area contributed by atoms with E-state index >= 15 is 0 Å². The monoisotopic (exact) mass is 315 g/mol. The van der Waals surface area contributed by atoms with Gasteiger partial charge in [-0.3, -0.25) is 4.79 Å². The van der Waals surface area contributed by atoms with Crippen LogP contribution < -0.4 is 10.6 Å². The first-order valence-corrected chi connectivity index (χ1v) is 7.72. The number of ether oxygens (including phenoxy) is 1. The molecule has 0 bridgehead atoms. The van der Waals surface area contributed by atoms with E-state index in [1.54, 1.807) is 10.9 Å². The molecule has 2 aromatic rings. The quantitative estimate of drug-likeness (QED) is 0.886. The first kappa shape index (κ1) is 15.6. The Morgan fingerprint density at radius 2 is 2.35 bits per heavy atom. The fourth-order valence-corrected chi connectivity index (χ4v) is 2.63. The van der Waals surface area contributed by atoms with Gasteiger partial charge in [-0.15, -0.1) is 0 Å². The molecule has 0 aliphatic carbocycles. The highest BCUT2D eigenvalue weighted by atomic mass is 16.5. The third-order valence-electron chi connectivity index (χ3n) is 3.69. The zero-order valence-electron chi connectivity index (χ0n) is 13.4. The maximum absolute atomic E-state index is 12.0. The minimum Gasteiger partial charge on any atom is -0.378 e. The number of pyridine rings is 1. The molecule has 0 saturated carbocycles. The van der Waals surface area contributed by atoms with Crippen molar-refractivity contribution in [3.63, 3.8) is 0 Å². The molecule has 7 heteroatoms. The zero-order chi connectivity index (χ0) is 16.2. The van der Waals surface area contributed by atoms with E-state index in [0.717, 1.165) is 23.8 Å². The predicted octanol–water partition coefficient (Wildman–Crippen LogP) is 1.20. The van der Waals surface area contributed by atoms with Gasteiger partial charge in [0.1, 0.15) is 0 Å². The number of rotatable bonds is 4. The average molecular weight is 315 g/mol. The third kappa shape index (κ3) is 3.94. The Labute approximate surface area is 135 Å². The number of carbonyl (C=O) groups excluding carboxylic acids is 1. The Kier molecular flexibility index (Phi) is 4.68. The van der Waals surface area contributed by atoms with Gasteiger partial charge >= 0.3 is 0 Å². The lowest BCUT2D eigenvalue weighted by Gasteiger charge is -2.23. The van der Waals surface area contributed by atoms with Crippen LogP contribution >= 0.6 is 0 Å². The summed E-state index contributed by atoms with van der Waals surface area (Å²) in [7, 11) is 0. The van der Waals surface area contributed by atoms with E-state index in [1.165, 1.54) is 0 Å². The summed E-state index contributed by atoms with van der Waals surface area (Å²) in [4.78, 5) is 16.4. The van der Waals surface area contributed by atoms with Crippen LogP contribution in [0.3, 0.4) is 0 Å². The molecular formula is C16H21N5O2. The first-order chi connectivity index (χ1) is 11.1. The van der Waals surface area contributed by atoms with E-state index in [0.29, 0.717) is 25.3 Å². The molecule has 1 amide bonds. The summed E-state index contributed by atoms with van der Waals surface area (Å²) in [5.74, 6) is 0.685. The molecule has 122 valence electrons. The van der Waals surface area contributed by atoms with Gasteiger partial charge in [-0.25, -0.2) is 9.67 Å². The van der Waals surface area contributed by atoms with Crippen LogP contribution in [0.2, 0.25) is 0 Å². The highest BCUT2D eigenvalue weighted by Crippen LogP contribution is 2.13. The van der Waals surface area contributed by atoms with Crippen LogP contribution in [0.5, 0.6) is 0 Å². The summed E-state index contributed by atoms with van der Waals surface area (Å²) in [5.41, 5.74) is 2.65. The number of carbonyl (C=O) groups is 1. The minimum absolute atomic E-state index is 0.0475. The normalized spacial score (nSPS) is 17.9. The van der Waals surface area contributed by atoms with E-state index < -0.39 is 0 Å². The second-order valence-corrected chi connectivity index (χ2v) is 5.72. The summed E-state index contributed by atoms with van der Waals surface area (Å²) in [6, 6.07) is 5.75. The van der Waals surface area contributed by atoms with Crippen molar-refractivity contribution in [2.45, 2.75) is 26.3 Å². The number of anilines is 1. The van der Waals surface area contributed by atoms with Gasteiger partial charge < -0.3 is 15.4 Å². The lowest BCUT2D eigenvalue weighted by Crippen LogP contribution is -2.43. The van der Waals surface area contributed by atoms with Crippen molar-refractivity contribution < 1.29 is 9.53 Å². The summed E-state index contributed by atoms with van der Waals surface area (Å²) in [6.45, 7) is 5.99. The van der Waals surface area contributed by atoms with Crippen LogP contribution in [0.15, 0.2) is 24.4 Å². The summed E-state index contributed by atoms with van der Waals surface area (Å²) in [6.07, 6.45) is 2.04. The van der Waals surface area contributed by atoms with Crippen molar-refractivity contribution >= 4 is 11.6 Å². The molecule has 2 N–H and O–H groups in total. The Bertz CT molecular complexity index is 674. The van der Waals surface area contributed by atoms with Crippen molar-refractivity contribution in [1.29, 1.82) is 0 Å². The third-order valence-corrected chi connectivity index (χ3v) is 3.69. The smallest absolute Gasteiger partial charge is 0.226 e. The molecule has 1 aliphatic rings. The largest absolute Gasteiger partial charge is 0.378 e. The summed E-state index contributed by atoms with van der Waals surface area (Å²) in [5, 5.41) is 10.5. The average Bonchev–Trinajstić information content (AvgIpc) is 2.87. The number of aromatic nitrogens is 3. The maximum Gasteiger partial charge on any atom is 0.226 e. The van der Waals surface area contributed by atoms with Gasteiger partial charge in [0.2, 0.25) is 5.91 Å². The van der Waals surface area contributed by atoms with Gasteiger partial charge in [-0.05, 0) is 32.0 Å². The second kappa shape index (κ2) is 6.89. The van der Waals surface area contributed by atoms with E-state index in [4.69, 9.17) is 4.74 Å². The van der Waals surface area contributed by atoms with Gasteiger partial charge in [-0.1, -0.05) is 0 Å². The van der Waals surface area contributed by atoms with Crippen LogP contribution in [0.25, 0.3) is 5.82 Å². The molecule has 0 aromatic carbocycles. The molecule has 7 nitrogen and oxygen atoms in total. The molecule has 3 rings (SSSR count). The van der Waals surface area contributed by atoms with Gasteiger partial charge in [0.25, 0.3) is 0 Å². The lowest BCUT2D eigenvalue weighted by molar-refractivity contribution is -0.117. The number of hydrogen-bond donors (Lipinski definition) is 2. The van der Waals surface area contributed by atoms with Crippen molar-refractivity contribution in [1.82, 2.24) is 20.1 Å². The number of aryl methyl sites for hydroxylation is 2. The predicted molar refractivity (Wildman–Crippen MR) is 86.7 cm³/mol. The van der Waals surface area contributed by atoms with E-state index in [9.17, 15) is 4.79 Å². The number of nitrogens with one attached hydrogen (secondary N) is 2. The van der Waals surface area contributed by atoms with Crippen LogP contribution in [0.1, 0.15) is 17.8 Å². The Morgan fingerprint density at radius 3 is 2.96 bits per heavy atom. The SMILES string of the molecule is Cc1cc(C)n(-c2ccc(NC(=O)CC3COCCN3)cn2)n1.